The SMILES string of the molecule is COc1cc(-c2ccc3ncc(S(=O)(=O)CI)c(Nc4ccc(OCCN(C)CN)nc4)c3n2)cc(Cl)c1O. The van der Waals surface area contributed by atoms with Crippen LogP contribution in [0.4, 0.5) is 11.4 Å². The second kappa shape index (κ2) is 12.5. The van der Waals surface area contributed by atoms with Crippen LogP contribution in [0.25, 0.3) is 22.3 Å². The Labute approximate surface area is 244 Å². The van der Waals surface area contributed by atoms with Gasteiger partial charge in [-0.15, -0.1) is 0 Å². The van der Waals surface area contributed by atoms with Crippen LogP contribution in [0.15, 0.2) is 53.7 Å². The smallest absolute Gasteiger partial charge is 0.213 e. The molecule has 0 spiro atoms. The number of anilines is 2. The monoisotopic (exact) mass is 684 g/mol. The summed E-state index contributed by atoms with van der Waals surface area (Å²) in [4.78, 5) is 15.3. The predicted molar refractivity (Wildman–Crippen MR) is 159 cm³/mol. The van der Waals surface area contributed by atoms with Crippen molar-refractivity contribution in [1.82, 2.24) is 19.9 Å². The molecule has 0 aliphatic carbocycles. The summed E-state index contributed by atoms with van der Waals surface area (Å²) in [7, 11) is -0.383. The average molecular weight is 685 g/mol. The number of methoxy groups -OCH3 is 1. The largest absolute Gasteiger partial charge is 0.503 e. The van der Waals surface area contributed by atoms with E-state index in [-0.39, 0.29) is 30.9 Å². The Bertz CT molecular complexity index is 1590. The maximum Gasteiger partial charge on any atom is 0.213 e. The van der Waals surface area contributed by atoms with E-state index < -0.39 is 9.84 Å². The summed E-state index contributed by atoms with van der Waals surface area (Å²) < 4.78 is 36.7. The topological polar surface area (TPSA) is 153 Å². The second-order valence-electron chi connectivity index (χ2n) is 8.42. The zero-order valence-corrected chi connectivity index (χ0v) is 24.8. The third-order valence-electron chi connectivity index (χ3n) is 5.74. The first-order valence-corrected chi connectivity index (χ1v) is 15.1. The minimum absolute atomic E-state index is 0.000479. The fourth-order valence-corrected chi connectivity index (χ4v) is 5.59. The van der Waals surface area contributed by atoms with Gasteiger partial charge in [-0.1, -0.05) is 34.2 Å². The molecule has 0 atom stereocenters. The third-order valence-corrected chi connectivity index (χ3v) is 9.76. The molecule has 4 N–H and O–H groups in total. The van der Waals surface area contributed by atoms with Gasteiger partial charge in [-0.3, -0.25) is 9.88 Å². The highest BCUT2D eigenvalue weighted by molar-refractivity contribution is 14.1. The van der Waals surface area contributed by atoms with Gasteiger partial charge in [0.15, 0.2) is 21.3 Å². The number of nitrogens with one attached hydrogen (secondary N) is 1. The second-order valence-corrected chi connectivity index (χ2v) is 12.6. The van der Waals surface area contributed by atoms with Crippen LogP contribution in [0.3, 0.4) is 0 Å². The molecule has 39 heavy (non-hydrogen) atoms. The number of hydrogen-bond acceptors (Lipinski definition) is 11. The first kappa shape index (κ1) is 29.0. The molecule has 4 aromatic rings. The van der Waals surface area contributed by atoms with Crippen LogP contribution in [0.2, 0.25) is 5.02 Å². The normalized spacial score (nSPS) is 11.6. The zero-order valence-electron chi connectivity index (χ0n) is 21.1. The van der Waals surface area contributed by atoms with Crippen molar-refractivity contribution in [3.8, 4) is 28.6 Å². The highest BCUT2D eigenvalue weighted by Crippen LogP contribution is 2.39. The molecule has 0 aliphatic heterocycles. The highest BCUT2D eigenvalue weighted by atomic mass is 127. The highest BCUT2D eigenvalue weighted by Gasteiger charge is 2.22. The molecular weight excluding hydrogens is 659 g/mol. The van der Waals surface area contributed by atoms with Gasteiger partial charge in [0.2, 0.25) is 5.88 Å². The summed E-state index contributed by atoms with van der Waals surface area (Å²) in [5.41, 5.74) is 8.20. The lowest BCUT2D eigenvalue weighted by Crippen LogP contribution is -2.29. The number of phenols is 1. The fourth-order valence-electron chi connectivity index (χ4n) is 3.58. The number of benzene rings is 1. The number of fused-ring (bicyclic) bond motifs is 1. The van der Waals surface area contributed by atoms with Crippen molar-refractivity contribution in [3.63, 3.8) is 0 Å². The van der Waals surface area contributed by atoms with Gasteiger partial charge in [-0.25, -0.2) is 18.4 Å². The predicted octanol–water partition coefficient (Wildman–Crippen LogP) is 4.20. The third kappa shape index (κ3) is 6.61. The summed E-state index contributed by atoms with van der Waals surface area (Å²) in [6.45, 7) is 1.48. The van der Waals surface area contributed by atoms with Crippen molar-refractivity contribution in [2.24, 2.45) is 5.73 Å². The summed E-state index contributed by atoms with van der Waals surface area (Å²) >= 11 is 7.99. The van der Waals surface area contributed by atoms with Gasteiger partial charge < -0.3 is 25.6 Å². The number of hydrogen-bond donors (Lipinski definition) is 3. The Hall–Kier alpha value is -2.98. The Kier molecular flexibility index (Phi) is 9.27. The van der Waals surface area contributed by atoms with Gasteiger partial charge in [0, 0.05) is 31.0 Å². The molecule has 0 saturated carbocycles. The van der Waals surface area contributed by atoms with Gasteiger partial charge in [0.1, 0.15) is 20.8 Å². The number of likely N-dealkylation sites (N-methyl/N-ethyl adjacent to an activating group) is 1. The van der Waals surface area contributed by atoms with Gasteiger partial charge >= 0.3 is 0 Å². The van der Waals surface area contributed by atoms with E-state index in [1.54, 1.807) is 65.2 Å². The molecule has 0 amide bonds. The number of ether oxygens (including phenoxy) is 2. The molecule has 0 radical (unpaired) electrons. The molecule has 206 valence electrons. The van der Waals surface area contributed by atoms with Crippen LogP contribution >= 0.6 is 34.2 Å². The molecule has 3 heterocycles. The molecule has 0 bridgehead atoms. The van der Waals surface area contributed by atoms with Crippen LogP contribution in [0.1, 0.15) is 0 Å². The number of pyridine rings is 3. The molecular formula is C25H26ClIN6O5S. The summed E-state index contributed by atoms with van der Waals surface area (Å²) in [6.07, 6.45) is 2.86. The molecule has 0 saturated heterocycles. The van der Waals surface area contributed by atoms with Crippen molar-refractivity contribution >= 4 is 66.4 Å². The molecule has 4 rings (SSSR count). The summed E-state index contributed by atoms with van der Waals surface area (Å²) in [6, 6.07) is 10.0. The van der Waals surface area contributed by atoms with Crippen molar-refractivity contribution in [1.29, 1.82) is 0 Å². The Morgan fingerprint density at radius 3 is 2.64 bits per heavy atom. The lowest BCUT2D eigenvalue weighted by Gasteiger charge is -2.16. The first-order chi connectivity index (χ1) is 18.7. The molecule has 14 heteroatoms. The number of aromatic nitrogens is 3. The van der Waals surface area contributed by atoms with E-state index in [0.717, 1.165) is 0 Å². The van der Waals surface area contributed by atoms with Gasteiger partial charge in [0.25, 0.3) is 0 Å². The minimum Gasteiger partial charge on any atom is -0.503 e. The van der Waals surface area contributed by atoms with E-state index in [2.05, 4.69) is 15.3 Å². The minimum atomic E-state index is -3.68. The van der Waals surface area contributed by atoms with E-state index in [9.17, 15) is 13.5 Å². The Morgan fingerprint density at radius 2 is 1.97 bits per heavy atom. The number of nitrogens with two attached hydrogens (primary N) is 1. The standard InChI is InChI=1S/C25H26ClIN6O5S/c1-33(14-28)7-8-38-22-6-3-16(11-30-22)31-24-21(39(35,36)13-27)12-29-19-5-4-18(32-23(19)24)15-9-17(26)25(34)20(10-15)37-2/h3-6,9-12,34H,7-8,13-14,28H2,1-2H3,(H,29,31). The molecule has 11 nitrogen and oxygen atoms in total. The molecule has 0 aliphatic rings. The molecule has 0 unspecified atom stereocenters. The van der Waals surface area contributed by atoms with E-state index in [0.29, 0.717) is 53.7 Å². The number of halogens is 2. The van der Waals surface area contributed by atoms with Crippen LogP contribution < -0.4 is 20.5 Å². The molecule has 0 fully saturated rings. The van der Waals surface area contributed by atoms with E-state index >= 15 is 0 Å². The Balaban J connectivity index is 1.76. The molecule has 3 aromatic heterocycles. The lowest BCUT2D eigenvalue weighted by molar-refractivity contribution is 0.235. The quantitative estimate of drug-likeness (QED) is 0.118. The van der Waals surface area contributed by atoms with Gasteiger partial charge in [-0.05, 0) is 37.4 Å². The van der Waals surface area contributed by atoms with Crippen LogP contribution in [0.5, 0.6) is 17.4 Å². The van der Waals surface area contributed by atoms with Gasteiger partial charge in [0.05, 0.1) is 40.9 Å². The number of nitrogens with zero attached hydrogens (tertiary/aromatic N) is 4. The maximum absolute atomic E-state index is 13.0. The first-order valence-electron chi connectivity index (χ1n) is 11.6. The van der Waals surface area contributed by atoms with E-state index in [1.807, 2.05) is 11.9 Å². The van der Waals surface area contributed by atoms with Crippen molar-refractivity contribution in [3.05, 3.63) is 53.8 Å². The lowest BCUT2D eigenvalue weighted by atomic mass is 10.1. The van der Waals surface area contributed by atoms with E-state index in [4.69, 9.17) is 31.8 Å². The fraction of sp³-hybridized carbons (Fsp3) is 0.240. The van der Waals surface area contributed by atoms with E-state index in [1.165, 1.54) is 13.3 Å². The molecule has 1 aromatic carbocycles. The number of sulfone groups is 1. The maximum atomic E-state index is 13.0. The van der Waals surface area contributed by atoms with Crippen LogP contribution in [-0.2, 0) is 9.84 Å². The summed E-state index contributed by atoms with van der Waals surface area (Å²) in [5, 5.41) is 13.4. The van der Waals surface area contributed by atoms with Gasteiger partial charge in [-0.2, -0.15) is 0 Å². The average Bonchev–Trinajstić information content (AvgIpc) is 2.95. The number of aromatic hydroxyl groups is 1. The van der Waals surface area contributed by atoms with Crippen molar-refractivity contribution in [2.75, 3.05) is 43.1 Å². The van der Waals surface area contributed by atoms with Crippen molar-refractivity contribution < 1.29 is 23.0 Å². The van der Waals surface area contributed by atoms with Crippen molar-refractivity contribution in [2.45, 2.75) is 4.90 Å². The summed E-state index contributed by atoms with van der Waals surface area (Å²) in [5.74, 6) is 0.416. The Morgan fingerprint density at radius 1 is 1.18 bits per heavy atom. The number of alkyl halides is 1. The number of phenolic OH excluding ortho intramolecular Hbond substituents is 1. The van der Waals surface area contributed by atoms with Crippen LogP contribution in [0, 0.1) is 0 Å². The zero-order chi connectivity index (χ0) is 28.2. The number of rotatable bonds is 11. The van der Waals surface area contributed by atoms with Crippen LogP contribution in [-0.4, -0.2) is 71.1 Å².